The summed E-state index contributed by atoms with van der Waals surface area (Å²) in [6, 6.07) is 13.3. The van der Waals surface area contributed by atoms with Crippen LogP contribution in [0.25, 0.3) is 10.8 Å². The van der Waals surface area contributed by atoms with E-state index < -0.39 is 11.6 Å². The van der Waals surface area contributed by atoms with E-state index in [-0.39, 0.29) is 24.4 Å². The van der Waals surface area contributed by atoms with Gasteiger partial charge in [-0.25, -0.2) is 4.79 Å². The summed E-state index contributed by atoms with van der Waals surface area (Å²) in [5.74, 6) is -0.536. The van der Waals surface area contributed by atoms with Gasteiger partial charge in [-0.3, -0.25) is 14.5 Å². The largest absolute Gasteiger partial charge is 0.338 e. The third-order valence-corrected chi connectivity index (χ3v) is 6.57. The van der Waals surface area contributed by atoms with Crippen LogP contribution in [0.4, 0.5) is 4.79 Å². The summed E-state index contributed by atoms with van der Waals surface area (Å²) in [6.07, 6.45) is 5.44. The van der Waals surface area contributed by atoms with E-state index in [2.05, 4.69) is 5.32 Å². The number of carbonyl (C=O) groups is 3. The summed E-state index contributed by atoms with van der Waals surface area (Å²) in [5, 5.41) is 4.89. The van der Waals surface area contributed by atoms with E-state index in [4.69, 9.17) is 0 Å². The summed E-state index contributed by atoms with van der Waals surface area (Å²) in [6.45, 7) is 4.05. The van der Waals surface area contributed by atoms with Gasteiger partial charge in [0, 0.05) is 12.6 Å². The molecule has 6 nitrogen and oxygen atoms in total. The molecule has 1 saturated heterocycles. The Balaban J connectivity index is 1.54. The predicted molar refractivity (Wildman–Crippen MR) is 116 cm³/mol. The molecule has 1 N–H and O–H groups in total. The third kappa shape index (κ3) is 3.55. The molecule has 6 heteroatoms. The van der Waals surface area contributed by atoms with Crippen LogP contribution < -0.4 is 5.32 Å². The topological polar surface area (TPSA) is 69.7 Å². The predicted octanol–water partition coefficient (Wildman–Crippen LogP) is 3.79. The van der Waals surface area contributed by atoms with Gasteiger partial charge in [-0.1, -0.05) is 55.7 Å². The lowest BCUT2D eigenvalue weighted by molar-refractivity contribution is -0.140. The van der Waals surface area contributed by atoms with Crippen LogP contribution in [-0.2, 0) is 15.1 Å². The Morgan fingerprint density at radius 3 is 2.50 bits per heavy atom. The van der Waals surface area contributed by atoms with Crippen molar-refractivity contribution in [1.29, 1.82) is 0 Å². The molecule has 0 aromatic heterocycles. The van der Waals surface area contributed by atoms with E-state index in [0.717, 1.165) is 41.4 Å². The highest BCUT2D eigenvalue weighted by molar-refractivity contribution is 6.09. The Morgan fingerprint density at radius 1 is 1.10 bits per heavy atom. The number of nitrogens with one attached hydrogen (secondary N) is 1. The average molecular weight is 408 g/mol. The number of hydrogen-bond donors (Lipinski definition) is 1. The molecule has 4 rings (SSSR count). The second-order valence-electron chi connectivity index (χ2n) is 8.48. The monoisotopic (exact) mass is 407 g/mol. The van der Waals surface area contributed by atoms with E-state index in [1.54, 1.807) is 6.92 Å². The standard InChI is InChI=1S/C24H29N3O3/c1-3-26(20-11-5-4-6-12-20)21(28)16-27-22(29)24(2,25-23(27)30)19-14-13-17-9-7-8-10-18(17)15-19/h7-10,13-15,20H,3-6,11-12,16H2,1-2H3,(H,25,30). The number of carbonyl (C=O) groups excluding carboxylic acids is 3. The Morgan fingerprint density at radius 2 is 1.80 bits per heavy atom. The van der Waals surface area contributed by atoms with Gasteiger partial charge in [0.05, 0.1) is 0 Å². The Kier molecular flexibility index (Phi) is 5.50. The fourth-order valence-corrected chi connectivity index (χ4v) is 4.79. The molecule has 1 saturated carbocycles. The van der Waals surface area contributed by atoms with E-state index in [1.807, 2.05) is 54.3 Å². The van der Waals surface area contributed by atoms with Gasteiger partial charge in [0.2, 0.25) is 5.91 Å². The first-order chi connectivity index (χ1) is 14.4. The van der Waals surface area contributed by atoms with Crippen LogP contribution >= 0.6 is 0 Å². The number of fused-ring (bicyclic) bond motifs is 1. The smallest absolute Gasteiger partial charge is 0.325 e. The Labute approximate surface area is 177 Å². The number of urea groups is 1. The first-order valence-electron chi connectivity index (χ1n) is 10.9. The highest BCUT2D eigenvalue weighted by Crippen LogP contribution is 2.31. The maximum atomic E-state index is 13.3. The van der Waals surface area contributed by atoms with Crippen molar-refractivity contribution in [2.75, 3.05) is 13.1 Å². The summed E-state index contributed by atoms with van der Waals surface area (Å²) in [5.41, 5.74) is -0.461. The highest BCUT2D eigenvalue weighted by atomic mass is 16.2. The van der Waals surface area contributed by atoms with Crippen LogP contribution in [0.15, 0.2) is 42.5 Å². The molecule has 0 radical (unpaired) electrons. The van der Waals surface area contributed by atoms with Crippen LogP contribution in [0.2, 0.25) is 0 Å². The highest BCUT2D eigenvalue weighted by Gasteiger charge is 2.50. The van der Waals surface area contributed by atoms with Crippen molar-refractivity contribution < 1.29 is 14.4 Å². The molecule has 0 spiro atoms. The molecule has 2 aromatic carbocycles. The van der Waals surface area contributed by atoms with Gasteiger partial charge in [0.15, 0.2) is 0 Å². The van der Waals surface area contributed by atoms with Gasteiger partial charge < -0.3 is 10.2 Å². The normalized spacial score (nSPS) is 22.4. The number of likely N-dealkylation sites (N-methyl/N-ethyl adjacent to an activating group) is 1. The van der Waals surface area contributed by atoms with Gasteiger partial charge in [-0.15, -0.1) is 0 Å². The van der Waals surface area contributed by atoms with Crippen molar-refractivity contribution in [3.63, 3.8) is 0 Å². The lowest BCUT2D eigenvalue weighted by Crippen LogP contribution is -2.48. The van der Waals surface area contributed by atoms with E-state index in [0.29, 0.717) is 12.1 Å². The summed E-state index contributed by atoms with van der Waals surface area (Å²) >= 11 is 0. The molecule has 4 amide bonds. The number of amides is 4. The fraction of sp³-hybridized carbons (Fsp3) is 0.458. The second-order valence-corrected chi connectivity index (χ2v) is 8.48. The molecular weight excluding hydrogens is 378 g/mol. The van der Waals surface area contributed by atoms with Crippen LogP contribution in [-0.4, -0.2) is 46.8 Å². The molecular formula is C24H29N3O3. The van der Waals surface area contributed by atoms with Gasteiger partial charge in [0.25, 0.3) is 5.91 Å². The third-order valence-electron chi connectivity index (χ3n) is 6.57. The average Bonchev–Trinajstić information content (AvgIpc) is 2.98. The number of imide groups is 1. The van der Waals surface area contributed by atoms with Crippen LogP contribution in [0.1, 0.15) is 51.5 Å². The second kappa shape index (κ2) is 8.09. The zero-order valence-electron chi connectivity index (χ0n) is 17.7. The van der Waals surface area contributed by atoms with Gasteiger partial charge >= 0.3 is 6.03 Å². The first kappa shape index (κ1) is 20.4. The minimum Gasteiger partial charge on any atom is -0.338 e. The Bertz CT molecular complexity index is 983. The molecule has 158 valence electrons. The number of rotatable bonds is 5. The minimum atomic E-state index is -1.18. The molecule has 1 unspecified atom stereocenters. The van der Waals surface area contributed by atoms with E-state index in [1.165, 1.54) is 6.42 Å². The van der Waals surface area contributed by atoms with Crippen molar-refractivity contribution in [3.05, 3.63) is 48.0 Å². The van der Waals surface area contributed by atoms with Gasteiger partial charge in [-0.05, 0) is 49.1 Å². The minimum absolute atomic E-state index is 0.157. The van der Waals surface area contributed by atoms with E-state index in [9.17, 15) is 14.4 Å². The summed E-state index contributed by atoms with van der Waals surface area (Å²) < 4.78 is 0. The molecule has 2 aromatic rings. The summed E-state index contributed by atoms with van der Waals surface area (Å²) in [7, 11) is 0. The molecule has 0 bridgehead atoms. The number of hydrogen-bond acceptors (Lipinski definition) is 3. The zero-order chi connectivity index (χ0) is 21.3. The quantitative estimate of drug-likeness (QED) is 0.767. The van der Waals surface area contributed by atoms with Crippen LogP contribution in [0.3, 0.4) is 0 Å². The van der Waals surface area contributed by atoms with E-state index >= 15 is 0 Å². The van der Waals surface area contributed by atoms with Crippen molar-refractivity contribution in [2.24, 2.45) is 0 Å². The van der Waals surface area contributed by atoms with Crippen molar-refractivity contribution in [2.45, 2.75) is 57.5 Å². The van der Waals surface area contributed by atoms with Crippen molar-refractivity contribution >= 4 is 28.6 Å². The van der Waals surface area contributed by atoms with Crippen LogP contribution in [0, 0.1) is 0 Å². The molecule has 1 aliphatic carbocycles. The molecule has 1 atom stereocenters. The maximum Gasteiger partial charge on any atom is 0.325 e. The molecule has 1 heterocycles. The molecule has 2 fully saturated rings. The maximum absolute atomic E-state index is 13.3. The van der Waals surface area contributed by atoms with Crippen LogP contribution in [0.5, 0.6) is 0 Å². The molecule has 2 aliphatic rings. The summed E-state index contributed by atoms with van der Waals surface area (Å²) in [4.78, 5) is 41.9. The lowest BCUT2D eigenvalue weighted by atomic mass is 9.90. The van der Waals surface area contributed by atoms with Crippen molar-refractivity contribution in [1.82, 2.24) is 15.1 Å². The SMILES string of the molecule is CCN(C(=O)CN1C(=O)NC(C)(c2ccc3ccccc3c2)C1=O)C1CCCCC1. The van der Waals surface area contributed by atoms with Crippen molar-refractivity contribution in [3.8, 4) is 0 Å². The lowest BCUT2D eigenvalue weighted by Gasteiger charge is -2.34. The number of benzene rings is 2. The van der Waals surface area contributed by atoms with Gasteiger partial charge in [0.1, 0.15) is 12.1 Å². The van der Waals surface area contributed by atoms with Gasteiger partial charge in [-0.2, -0.15) is 0 Å². The zero-order valence-corrected chi connectivity index (χ0v) is 17.7. The first-order valence-corrected chi connectivity index (χ1v) is 10.9. The Hall–Kier alpha value is -2.89. The number of nitrogens with zero attached hydrogens (tertiary/aromatic N) is 2. The fourth-order valence-electron chi connectivity index (χ4n) is 4.79. The molecule has 30 heavy (non-hydrogen) atoms. The molecule has 1 aliphatic heterocycles.